The molecule has 2 amide bonds. The minimum atomic E-state index is -0.765. The maximum Gasteiger partial charge on any atom is 0.251 e. The zero-order valence-corrected chi connectivity index (χ0v) is 20.6. The van der Waals surface area contributed by atoms with E-state index in [1.165, 1.54) is 11.8 Å². The van der Waals surface area contributed by atoms with Gasteiger partial charge in [-0.3, -0.25) is 9.59 Å². The number of hydrogen-bond acceptors (Lipinski definition) is 7. The summed E-state index contributed by atoms with van der Waals surface area (Å²) in [5.41, 5.74) is 1.86. The van der Waals surface area contributed by atoms with Gasteiger partial charge in [0.2, 0.25) is 5.91 Å². The van der Waals surface area contributed by atoms with Gasteiger partial charge in [-0.15, -0.1) is 10.2 Å². The average molecular weight is 504 g/mol. The first-order chi connectivity index (χ1) is 16.4. The molecule has 3 N–H and O–H groups in total. The van der Waals surface area contributed by atoms with Gasteiger partial charge in [-0.05, 0) is 55.8 Å². The Balaban J connectivity index is 1.67. The fourth-order valence-corrected chi connectivity index (χ4v) is 4.18. The molecular formula is C23H26ClN5O4S. The van der Waals surface area contributed by atoms with Gasteiger partial charge in [0.25, 0.3) is 5.91 Å². The van der Waals surface area contributed by atoms with Crippen molar-refractivity contribution in [1.82, 2.24) is 20.1 Å². The van der Waals surface area contributed by atoms with E-state index in [9.17, 15) is 14.7 Å². The third-order valence-corrected chi connectivity index (χ3v) is 6.46. The van der Waals surface area contributed by atoms with E-state index in [1.807, 2.05) is 13.8 Å². The number of aromatic nitrogens is 3. The predicted molar refractivity (Wildman–Crippen MR) is 132 cm³/mol. The Kier molecular flexibility index (Phi) is 8.91. The summed E-state index contributed by atoms with van der Waals surface area (Å²) in [5, 5.41) is 25.0. The molecule has 180 valence electrons. The van der Waals surface area contributed by atoms with Crippen LogP contribution in [0, 0.1) is 6.92 Å². The van der Waals surface area contributed by atoms with Crippen LogP contribution in [0.3, 0.4) is 0 Å². The molecule has 11 heteroatoms. The molecule has 0 saturated carbocycles. The van der Waals surface area contributed by atoms with Gasteiger partial charge in [-0.1, -0.05) is 29.4 Å². The zero-order valence-electron chi connectivity index (χ0n) is 19.0. The second kappa shape index (κ2) is 11.9. The van der Waals surface area contributed by atoms with E-state index in [1.54, 1.807) is 54.1 Å². The lowest BCUT2D eigenvalue weighted by molar-refractivity contribution is -0.113. The summed E-state index contributed by atoms with van der Waals surface area (Å²) in [6.07, 6.45) is 0. The third-order valence-electron chi connectivity index (χ3n) is 5.09. The SMILES string of the molecule is CCn1c(SCC(=O)Nc2cccc(Cl)c2C)nnc1[C@H](CO)NC(=O)c1ccc(OC)cc1. The highest BCUT2D eigenvalue weighted by Crippen LogP contribution is 2.25. The molecule has 0 aliphatic heterocycles. The normalized spacial score (nSPS) is 11.7. The van der Waals surface area contributed by atoms with Crippen molar-refractivity contribution >= 4 is 40.9 Å². The van der Waals surface area contributed by atoms with Crippen molar-refractivity contribution in [2.75, 3.05) is 24.8 Å². The quantitative estimate of drug-likeness (QED) is 0.362. The Bertz CT molecular complexity index is 1150. The fraction of sp³-hybridized carbons (Fsp3) is 0.304. The largest absolute Gasteiger partial charge is 0.497 e. The molecule has 0 aliphatic rings. The number of benzene rings is 2. The Hall–Kier alpha value is -3.08. The average Bonchev–Trinajstić information content (AvgIpc) is 3.26. The van der Waals surface area contributed by atoms with Gasteiger partial charge in [0.05, 0.1) is 19.5 Å². The van der Waals surface area contributed by atoms with Crippen molar-refractivity contribution in [3.8, 4) is 5.75 Å². The summed E-state index contributed by atoms with van der Waals surface area (Å²) in [6.45, 7) is 3.86. The standard InChI is InChI=1S/C23H26ClN5O4S/c1-4-29-21(19(12-30)26-22(32)15-8-10-16(33-3)11-9-15)27-28-23(29)34-13-20(31)25-18-7-5-6-17(24)14(18)2/h5-11,19,30H,4,12-13H2,1-3H3,(H,25,31)(H,26,32)/t19-/m0/s1. The number of aliphatic hydroxyl groups is 1. The number of nitrogens with zero attached hydrogens (tertiary/aromatic N) is 3. The minimum Gasteiger partial charge on any atom is -0.497 e. The first kappa shape index (κ1) is 25.5. The van der Waals surface area contributed by atoms with E-state index in [2.05, 4.69) is 20.8 Å². The number of carbonyl (C=O) groups excluding carboxylic acids is 2. The Morgan fingerprint density at radius 3 is 2.59 bits per heavy atom. The second-order valence-electron chi connectivity index (χ2n) is 7.27. The molecule has 0 fully saturated rings. The molecule has 1 aromatic heterocycles. The molecule has 3 aromatic rings. The first-order valence-corrected chi connectivity index (χ1v) is 11.9. The van der Waals surface area contributed by atoms with E-state index < -0.39 is 6.04 Å². The van der Waals surface area contributed by atoms with Crippen LogP contribution in [0.5, 0.6) is 5.75 Å². The van der Waals surface area contributed by atoms with E-state index in [4.69, 9.17) is 16.3 Å². The molecule has 0 aliphatic carbocycles. The van der Waals surface area contributed by atoms with Gasteiger partial charge in [-0.2, -0.15) is 0 Å². The van der Waals surface area contributed by atoms with Crippen LogP contribution in [-0.4, -0.2) is 51.2 Å². The number of aliphatic hydroxyl groups excluding tert-OH is 1. The number of carbonyl (C=O) groups is 2. The monoisotopic (exact) mass is 503 g/mol. The van der Waals surface area contributed by atoms with Crippen LogP contribution in [0.2, 0.25) is 5.02 Å². The number of hydrogen-bond donors (Lipinski definition) is 3. The number of methoxy groups -OCH3 is 1. The number of ether oxygens (including phenoxy) is 1. The van der Waals surface area contributed by atoms with Crippen LogP contribution in [0.1, 0.15) is 34.7 Å². The van der Waals surface area contributed by atoms with E-state index in [0.29, 0.717) is 39.5 Å². The number of nitrogens with one attached hydrogen (secondary N) is 2. The van der Waals surface area contributed by atoms with Crippen molar-refractivity contribution in [1.29, 1.82) is 0 Å². The van der Waals surface area contributed by atoms with Crippen molar-refractivity contribution in [2.24, 2.45) is 0 Å². The molecule has 0 unspecified atom stereocenters. The topological polar surface area (TPSA) is 118 Å². The zero-order chi connectivity index (χ0) is 24.7. The summed E-state index contributed by atoms with van der Waals surface area (Å²) in [7, 11) is 1.55. The maximum atomic E-state index is 12.6. The number of amides is 2. The molecule has 0 radical (unpaired) electrons. The smallest absolute Gasteiger partial charge is 0.251 e. The van der Waals surface area contributed by atoms with Gasteiger partial charge in [-0.25, -0.2) is 0 Å². The van der Waals surface area contributed by atoms with Crippen LogP contribution >= 0.6 is 23.4 Å². The molecule has 34 heavy (non-hydrogen) atoms. The van der Waals surface area contributed by atoms with Gasteiger partial charge < -0.3 is 25.0 Å². The molecule has 9 nitrogen and oxygen atoms in total. The van der Waals surface area contributed by atoms with Gasteiger partial charge >= 0.3 is 0 Å². The molecule has 2 aromatic carbocycles. The van der Waals surface area contributed by atoms with Crippen LogP contribution in [0.4, 0.5) is 5.69 Å². The fourth-order valence-electron chi connectivity index (χ4n) is 3.20. The lowest BCUT2D eigenvalue weighted by atomic mass is 10.2. The Morgan fingerprint density at radius 2 is 1.94 bits per heavy atom. The van der Waals surface area contributed by atoms with Gasteiger partial charge in [0, 0.05) is 22.8 Å². The molecule has 1 atom stereocenters. The highest BCUT2D eigenvalue weighted by molar-refractivity contribution is 7.99. The summed E-state index contributed by atoms with van der Waals surface area (Å²) in [6, 6.07) is 11.2. The lowest BCUT2D eigenvalue weighted by Gasteiger charge is -2.17. The van der Waals surface area contributed by atoms with Crippen LogP contribution in [0.25, 0.3) is 0 Å². The van der Waals surface area contributed by atoms with Crippen LogP contribution < -0.4 is 15.4 Å². The van der Waals surface area contributed by atoms with Crippen molar-refractivity contribution in [3.63, 3.8) is 0 Å². The molecular weight excluding hydrogens is 478 g/mol. The minimum absolute atomic E-state index is 0.103. The summed E-state index contributed by atoms with van der Waals surface area (Å²) < 4.78 is 6.87. The summed E-state index contributed by atoms with van der Waals surface area (Å²) in [4.78, 5) is 25.1. The van der Waals surface area contributed by atoms with Crippen LogP contribution in [-0.2, 0) is 11.3 Å². The maximum absolute atomic E-state index is 12.6. The second-order valence-corrected chi connectivity index (χ2v) is 8.62. The number of halogens is 1. The summed E-state index contributed by atoms with van der Waals surface area (Å²) >= 11 is 7.32. The van der Waals surface area contributed by atoms with Crippen molar-refractivity contribution in [2.45, 2.75) is 31.6 Å². The van der Waals surface area contributed by atoms with Crippen LogP contribution in [0.15, 0.2) is 47.6 Å². The van der Waals surface area contributed by atoms with E-state index in [-0.39, 0.29) is 24.2 Å². The highest BCUT2D eigenvalue weighted by atomic mass is 35.5. The van der Waals surface area contributed by atoms with Gasteiger partial charge in [0.1, 0.15) is 11.8 Å². The number of anilines is 1. The first-order valence-electron chi connectivity index (χ1n) is 10.5. The van der Waals surface area contributed by atoms with Crippen molar-refractivity contribution in [3.05, 3.63) is 64.4 Å². The predicted octanol–water partition coefficient (Wildman–Crippen LogP) is 3.46. The third kappa shape index (κ3) is 6.07. The Labute approximate surface area is 206 Å². The van der Waals surface area contributed by atoms with Crippen molar-refractivity contribution < 1.29 is 19.4 Å². The molecule has 0 saturated heterocycles. The van der Waals surface area contributed by atoms with Gasteiger partial charge in [0.15, 0.2) is 11.0 Å². The molecule has 0 spiro atoms. The summed E-state index contributed by atoms with van der Waals surface area (Å²) in [5.74, 6) is 0.566. The highest BCUT2D eigenvalue weighted by Gasteiger charge is 2.23. The molecule has 1 heterocycles. The molecule has 3 rings (SSSR count). The van der Waals surface area contributed by atoms with E-state index in [0.717, 1.165) is 5.56 Å². The van der Waals surface area contributed by atoms with E-state index >= 15 is 0 Å². The number of thioether (sulfide) groups is 1. The lowest BCUT2D eigenvalue weighted by Crippen LogP contribution is -2.32. The number of rotatable bonds is 10. The Morgan fingerprint density at radius 1 is 1.21 bits per heavy atom. The molecule has 0 bridgehead atoms.